The molecule has 5 nitrogen and oxygen atoms in total. The molecule has 1 N–H and O–H groups in total. The second kappa shape index (κ2) is 4.29. The van der Waals surface area contributed by atoms with Crippen molar-refractivity contribution in [3.63, 3.8) is 0 Å². The standard InChI is InChI=1S/C12H10O5/c1-7(12(14)15)16-9-4-2-8-3-5-11(13)17-10(8)6-9/h2-7H,1H3,(H,14,15)/t7-/m0/s1. The summed E-state index contributed by atoms with van der Waals surface area (Å²) in [7, 11) is 0. The van der Waals surface area contributed by atoms with E-state index in [4.69, 9.17) is 14.3 Å². The number of carboxylic acids is 1. The van der Waals surface area contributed by atoms with Crippen molar-refractivity contribution in [2.45, 2.75) is 13.0 Å². The molecule has 1 aromatic heterocycles. The first-order valence-electron chi connectivity index (χ1n) is 4.99. The van der Waals surface area contributed by atoms with Gasteiger partial charge in [0, 0.05) is 17.5 Å². The van der Waals surface area contributed by atoms with Gasteiger partial charge in [0.15, 0.2) is 6.10 Å². The first-order chi connectivity index (χ1) is 8.06. The first-order valence-corrected chi connectivity index (χ1v) is 4.99. The number of carboxylic acid groups (broad SMARTS) is 1. The Kier molecular flexibility index (Phi) is 2.82. The highest BCUT2D eigenvalue weighted by atomic mass is 16.5. The fourth-order valence-electron chi connectivity index (χ4n) is 1.37. The lowest BCUT2D eigenvalue weighted by Crippen LogP contribution is -2.22. The molecule has 1 heterocycles. The number of aliphatic carboxylic acids is 1. The van der Waals surface area contributed by atoms with Gasteiger partial charge < -0.3 is 14.3 Å². The first kappa shape index (κ1) is 11.2. The van der Waals surface area contributed by atoms with Crippen LogP contribution in [0, 0.1) is 0 Å². The number of ether oxygens (including phenoxy) is 1. The van der Waals surface area contributed by atoms with Crippen molar-refractivity contribution in [2.75, 3.05) is 0 Å². The Morgan fingerprint density at radius 3 is 2.76 bits per heavy atom. The quantitative estimate of drug-likeness (QED) is 0.817. The summed E-state index contributed by atoms with van der Waals surface area (Å²) < 4.78 is 10.1. The van der Waals surface area contributed by atoms with Crippen LogP contribution in [0.25, 0.3) is 11.0 Å². The van der Waals surface area contributed by atoms with Gasteiger partial charge in [0.25, 0.3) is 0 Å². The van der Waals surface area contributed by atoms with Crippen LogP contribution in [0.3, 0.4) is 0 Å². The van der Waals surface area contributed by atoms with E-state index in [0.717, 1.165) is 5.39 Å². The Labute approximate surface area is 96.2 Å². The summed E-state index contributed by atoms with van der Waals surface area (Å²) >= 11 is 0. The Hall–Kier alpha value is -2.30. The molecule has 5 heteroatoms. The lowest BCUT2D eigenvalue weighted by atomic mass is 10.2. The third-order valence-electron chi connectivity index (χ3n) is 2.26. The summed E-state index contributed by atoms with van der Waals surface area (Å²) in [6.45, 7) is 1.42. The van der Waals surface area contributed by atoms with Crippen LogP contribution in [-0.4, -0.2) is 17.2 Å². The summed E-state index contributed by atoms with van der Waals surface area (Å²) in [4.78, 5) is 21.6. The molecule has 88 valence electrons. The molecule has 0 saturated carbocycles. The predicted octanol–water partition coefficient (Wildman–Crippen LogP) is 1.64. The van der Waals surface area contributed by atoms with E-state index in [1.807, 2.05) is 0 Å². The van der Waals surface area contributed by atoms with Crippen LogP contribution in [0.4, 0.5) is 0 Å². The number of hydrogen-bond acceptors (Lipinski definition) is 4. The largest absolute Gasteiger partial charge is 0.479 e. The van der Waals surface area contributed by atoms with Crippen molar-refractivity contribution in [1.29, 1.82) is 0 Å². The van der Waals surface area contributed by atoms with Crippen LogP contribution in [0.5, 0.6) is 5.75 Å². The van der Waals surface area contributed by atoms with Gasteiger partial charge in [-0.3, -0.25) is 0 Å². The minimum Gasteiger partial charge on any atom is -0.479 e. The average molecular weight is 234 g/mol. The number of hydrogen-bond donors (Lipinski definition) is 1. The van der Waals surface area contributed by atoms with Crippen LogP contribution < -0.4 is 10.4 Å². The topological polar surface area (TPSA) is 76.7 Å². The minimum atomic E-state index is -1.06. The molecule has 0 spiro atoms. The van der Waals surface area contributed by atoms with Gasteiger partial charge in [0.1, 0.15) is 11.3 Å². The molecule has 0 aliphatic carbocycles. The zero-order chi connectivity index (χ0) is 12.4. The van der Waals surface area contributed by atoms with Gasteiger partial charge in [-0.05, 0) is 25.1 Å². The molecular formula is C12H10O5. The second-order valence-corrected chi connectivity index (χ2v) is 3.55. The molecular weight excluding hydrogens is 224 g/mol. The molecule has 1 atom stereocenters. The van der Waals surface area contributed by atoms with Crippen molar-refractivity contribution >= 4 is 16.9 Å². The highest BCUT2D eigenvalue weighted by Crippen LogP contribution is 2.20. The van der Waals surface area contributed by atoms with Gasteiger partial charge in [-0.2, -0.15) is 0 Å². The molecule has 2 rings (SSSR count). The highest BCUT2D eigenvalue weighted by molar-refractivity contribution is 5.78. The third kappa shape index (κ3) is 2.44. The summed E-state index contributed by atoms with van der Waals surface area (Å²) in [6.07, 6.45) is -0.956. The van der Waals surface area contributed by atoms with Crippen molar-refractivity contribution in [3.05, 3.63) is 40.8 Å². The maximum Gasteiger partial charge on any atom is 0.344 e. The maximum atomic E-state index is 11.0. The smallest absolute Gasteiger partial charge is 0.344 e. The Morgan fingerprint density at radius 2 is 2.06 bits per heavy atom. The van der Waals surface area contributed by atoms with Crippen molar-refractivity contribution in [2.24, 2.45) is 0 Å². The number of fused-ring (bicyclic) bond motifs is 1. The lowest BCUT2D eigenvalue weighted by molar-refractivity contribution is -0.144. The van der Waals surface area contributed by atoms with Crippen LogP contribution in [0.1, 0.15) is 6.92 Å². The van der Waals surface area contributed by atoms with Crippen LogP contribution in [0.15, 0.2) is 39.5 Å². The highest BCUT2D eigenvalue weighted by Gasteiger charge is 2.12. The van der Waals surface area contributed by atoms with E-state index in [1.165, 1.54) is 19.1 Å². The van der Waals surface area contributed by atoms with Crippen molar-refractivity contribution in [1.82, 2.24) is 0 Å². The fraction of sp³-hybridized carbons (Fsp3) is 0.167. The monoisotopic (exact) mass is 234 g/mol. The SMILES string of the molecule is C[C@H](Oc1ccc2ccc(=O)oc2c1)C(=O)O. The van der Waals surface area contributed by atoms with Gasteiger partial charge in [0.2, 0.25) is 0 Å². The van der Waals surface area contributed by atoms with Gasteiger partial charge in [-0.25, -0.2) is 9.59 Å². The predicted molar refractivity (Wildman–Crippen MR) is 60.2 cm³/mol. The number of benzene rings is 1. The molecule has 0 amide bonds. The van der Waals surface area contributed by atoms with E-state index in [-0.39, 0.29) is 0 Å². The lowest BCUT2D eigenvalue weighted by Gasteiger charge is -2.10. The molecule has 1 aromatic carbocycles. The van der Waals surface area contributed by atoms with Gasteiger partial charge in [0.05, 0.1) is 0 Å². The zero-order valence-corrected chi connectivity index (χ0v) is 9.04. The van der Waals surface area contributed by atoms with E-state index in [9.17, 15) is 9.59 Å². The molecule has 0 fully saturated rings. The zero-order valence-electron chi connectivity index (χ0n) is 9.04. The molecule has 2 aromatic rings. The van der Waals surface area contributed by atoms with Gasteiger partial charge >= 0.3 is 11.6 Å². The van der Waals surface area contributed by atoms with E-state index in [2.05, 4.69) is 0 Å². The molecule has 17 heavy (non-hydrogen) atoms. The number of carbonyl (C=O) groups is 1. The maximum absolute atomic E-state index is 11.0. The molecule has 0 saturated heterocycles. The summed E-state index contributed by atoms with van der Waals surface area (Å²) in [5, 5.41) is 9.45. The summed E-state index contributed by atoms with van der Waals surface area (Å²) in [6, 6.07) is 7.77. The Morgan fingerprint density at radius 1 is 1.35 bits per heavy atom. The fourth-order valence-corrected chi connectivity index (χ4v) is 1.37. The molecule has 0 radical (unpaired) electrons. The van der Waals surface area contributed by atoms with E-state index in [1.54, 1.807) is 18.2 Å². The average Bonchev–Trinajstić information content (AvgIpc) is 2.28. The Bertz CT molecular complexity index is 614. The Balaban J connectivity index is 2.37. The van der Waals surface area contributed by atoms with E-state index >= 15 is 0 Å². The normalized spacial score (nSPS) is 12.3. The number of rotatable bonds is 3. The van der Waals surface area contributed by atoms with Gasteiger partial charge in [-0.1, -0.05) is 0 Å². The molecule has 0 aliphatic rings. The third-order valence-corrected chi connectivity index (χ3v) is 2.26. The van der Waals surface area contributed by atoms with Crippen molar-refractivity contribution in [3.8, 4) is 5.75 Å². The van der Waals surface area contributed by atoms with Crippen molar-refractivity contribution < 1.29 is 19.1 Å². The minimum absolute atomic E-state index is 0.349. The molecule has 0 unspecified atom stereocenters. The van der Waals surface area contributed by atoms with Crippen LogP contribution in [0.2, 0.25) is 0 Å². The van der Waals surface area contributed by atoms with E-state index < -0.39 is 17.7 Å². The molecule has 0 bridgehead atoms. The summed E-state index contributed by atoms with van der Waals surface area (Å²) in [5.41, 5.74) is -0.0893. The molecule has 0 aliphatic heterocycles. The van der Waals surface area contributed by atoms with Gasteiger partial charge in [-0.15, -0.1) is 0 Å². The summed E-state index contributed by atoms with van der Waals surface area (Å²) in [5.74, 6) is -0.707. The van der Waals surface area contributed by atoms with Crippen LogP contribution >= 0.6 is 0 Å². The van der Waals surface area contributed by atoms with Crippen LogP contribution in [-0.2, 0) is 4.79 Å². The van der Waals surface area contributed by atoms with E-state index in [0.29, 0.717) is 11.3 Å². The second-order valence-electron chi connectivity index (χ2n) is 3.55.